The molecule has 1 aliphatic rings. The maximum atomic E-state index is 9.03. The molecule has 0 bridgehead atoms. The fourth-order valence-electron chi connectivity index (χ4n) is 0.634. The van der Waals surface area contributed by atoms with E-state index in [4.69, 9.17) is 15.9 Å². The smallest absolute Gasteiger partial charge is 0.136 e. The van der Waals surface area contributed by atoms with Crippen molar-refractivity contribution >= 4 is 0 Å². The quantitative estimate of drug-likeness (QED) is 0.402. The lowest BCUT2D eigenvalue weighted by Gasteiger charge is -2.19. The molecule has 0 aromatic carbocycles. The van der Waals surface area contributed by atoms with Gasteiger partial charge in [-0.1, -0.05) is 0 Å². The Bertz CT molecular complexity index is 170. The topological polar surface area (TPSA) is 66.5 Å². The van der Waals surface area contributed by atoms with E-state index in [1.807, 2.05) is 0 Å². The van der Waals surface area contributed by atoms with Crippen molar-refractivity contribution in [2.24, 2.45) is 5.73 Å². The summed E-state index contributed by atoms with van der Waals surface area (Å²) in [5.74, 6) is 0.158. The van der Waals surface area contributed by atoms with Gasteiger partial charge < -0.3 is 15.9 Å². The highest BCUT2D eigenvalue weighted by Gasteiger charge is 2.17. The Labute approximate surface area is 53.1 Å². The number of rotatable bonds is 0. The van der Waals surface area contributed by atoms with Crippen molar-refractivity contribution in [3.05, 3.63) is 24.0 Å². The van der Waals surface area contributed by atoms with Gasteiger partial charge in [-0.3, -0.25) is 0 Å². The van der Waals surface area contributed by atoms with Crippen LogP contribution in [0.3, 0.4) is 0 Å². The Morgan fingerprint density at radius 2 is 2.33 bits per heavy atom. The van der Waals surface area contributed by atoms with Crippen molar-refractivity contribution in [3.8, 4) is 0 Å². The summed E-state index contributed by atoms with van der Waals surface area (Å²) in [4.78, 5) is 0. The highest BCUT2D eigenvalue weighted by Crippen LogP contribution is 2.13. The normalized spacial score (nSPS) is 34.2. The lowest BCUT2D eigenvalue weighted by molar-refractivity contribution is 0.0983. The zero-order valence-corrected chi connectivity index (χ0v) is 4.91. The summed E-state index contributed by atoms with van der Waals surface area (Å²) in [5.41, 5.74) is 4.00. The predicted octanol–water partition coefficient (Wildman–Crippen LogP) is 0.0355. The fraction of sp³-hybridized carbons (Fsp3) is 0.333. The van der Waals surface area contributed by atoms with Crippen molar-refractivity contribution in [1.29, 1.82) is 0 Å². The average Bonchev–Trinajstić information content (AvgIpc) is 1.78. The van der Waals surface area contributed by atoms with Crippen molar-refractivity contribution in [3.63, 3.8) is 0 Å². The molecular weight excluding hydrogens is 118 g/mol. The second-order valence-corrected chi connectivity index (χ2v) is 2.16. The molecule has 0 saturated carbocycles. The first-order chi connectivity index (χ1) is 4.10. The zero-order valence-electron chi connectivity index (χ0n) is 4.91. The molecule has 3 heteroatoms. The van der Waals surface area contributed by atoms with Crippen molar-refractivity contribution in [1.82, 2.24) is 0 Å². The first-order valence-electron chi connectivity index (χ1n) is 2.70. The highest BCUT2D eigenvalue weighted by molar-refractivity contribution is 5.20. The fourth-order valence-corrected chi connectivity index (χ4v) is 0.634. The van der Waals surface area contributed by atoms with Crippen molar-refractivity contribution in [2.75, 3.05) is 0 Å². The van der Waals surface area contributed by atoms with Crippen LogP contribution in [-0.2, 0) is 0 Å². The van der Waals surface area contributed by atoms with E-state index in [-0.39, 0.29) is 12.2 Å². The van der Waals surface area contributed by atoms with Gasteiger partial charge in [-0.05, 0) is 18.2 Å². The maximum absolute atomic E-state index is 9.03. The van der Waals surface area contributed by atoms with Crippen LogP contribution >= 0.6 is 0 Å². The van der Waals surface area contributed by atoms with Gasteiger partial charge in [0.2, 0.25) is 0 Å². The van der Waals surface area contributed by atoms with Crippen LogP contribution in [0.2, 0.25) is 0 Å². The largest absolute Gasteiger partial charge is 0.508 e. The molecule has 0 saturated heterocycles. The van der Waals surface area contributed by atoms with Gasteiger partial charge >= 0.3 is 0 Å². The first kappa shape index (κ1) is 6.32. The van der Waals surface area contributed by atoms with E-state index in [1.54, 1.807) is 0 Å². The highest BCUT2D eigenvalue weighted by atomic mass is 16.3. The van der Waals surface area contributed by atoms with Crippen molar-refractivity contribution in [2.45, 2.75) is 12.1 Å². The molecule has 0 aromatic rings. The third-order valence-corrected chi connectivity index (χ3v) is 1.18. The molecule has 9 heavy (non-hydrogen) atoms. The minimum atomic E-state index is -1.26. The molecule has 0 heterocycles. The number of aliphatic hydroxyl groups excluding tert-OH is 1. The molecule has 1 atom stereocenters. The first-order valence-corrected chi connectivity index (χ1v) is 2.70. The SMILES string of the molecule is NC1(O)C=CC(O)=CC1. The third kappa shape index (κ3) is 1.55. The van der Waals surface area contributed by atoms with Crippen LogP contribution in [0.15, 0.2) is 24.0 Å². The van der Waals surface area contributed by atoms with Crippen LogP contribution in [0, 0.1) is 0 Å². The third-order valence-electron chi connectivity index (χ3n) is 1.18. The van der Waals surface area contributed by atoms with E-state index in [1.165, 1.54) is 18.2 Å². The Balaban J connectivity index is 2.70. The van der Waals surface area contributed by atoms with Crippen LogP contribution in [0.1, 0.15) is 6.42 Å². The number of allylic oxidation sites excluding steroid dienone is 1. The van der Waals surface area contributed by atoms with Crippen molar-refractivity contribution < 1.29 is 10.2 Å². The average molecular weight is 127 g/mol. The molecule has 1 rings (SSSR count). The maximum Gasteiger partial charge on any atom is 0.136 e. The van der Waals surface area contributed by atoms with Gasteiger partial charge in [-0.25, -0.2) is 0 Å². The second kappa shape index (κ2) is 1.86. The van der Waals surface area contributed by atoms with Gasteiger partial charge in [0.15, 0.2) is 0 Å². The van der Waals surface area contributed by atoms with E-state index < -0.39 is 5.72 Å². The summed E-state index contributed by atoms with van der Waals surface area (Å²) >= 11 is 0. The number of aliphatic hydroxyl groups is 2. The predicted molar refractivity (Wildman–Crippen MR) is 33.6 cm³/mol. The van der Waals surface area contributed by atoms with Gasteiger partial charge in [0.1, 0.15) is 11.5 Å². The van der Waals surface area contributed by atoms with Crippen LogP contribution in [0.25, 0.3) is 0 Å². The van der Waals surface area contributed by atoms with Gasteiger partial charge in [0.05, 0.1) is 0 Å². The Hall–Kier alpha value is -0.800. The molecule has 3 nitrogen and oxygen atoms in total. The molecular formula is C6H9NO2. The monoisotopic (exact) mass is 127 g/mol. The molecule has 0 spiro atoms. The van der Waals surface area contributed by atoms with Gasteiger partial charge in [0, 0.05) is 6.42 Å². The second-order valence-electron chi connectivity index (χ2n) is 2.16. The number of hydrogen-bond donors (Lipinski definition) is 3. The summed E-state index contributed by atoms with van der Waals surface area (Å²) in [7, 11) is 0. The molecule has 4 N–H and O–H groups in total. The summed E-state index contributed by atoms with van der Waals surface area (Å²) in [6.45, 7) is 0. The van der Waals surface area contributed by atoms with Crippen LogP contribution in [-0.4, -0.2) is 15.9 Å². The van der Waals surface area contributed by atoms with E-state index in [0.29, 0.717) is 0 Å². The van der Waals surface area contributed by atoms with Crippen LogP contribution in [0.4, 0.5) is 0 Å². The lowest BCUT2D eigenvalue weighted by Crippen LogP contribution is -2.37. The summed E-state index contributed by atoms with van der Waals surface area (Å²) < 4.78 is 0. The van der Waals surface area contributed by atoms with E-state index >= 15 is 0 Å². The van der Waals surface area contributed by atoms with Crippen LogP contribution in [0.5, 0.6) is 0 Å². The summed E-state index contributed by atoms with van der Waals surface area (Å²) in [6, 6.07) is 0. The molecule has 0 aliphatic heterocycles. The van der Waals surface area contributed by atoms with E-state index in [2.05, 4.69) is 0 Å². The van der Waals surface area contributed by atoms with Gasteiger partial charge in [0.25, 0.3) is 0 Å². The number of nitrogens with two attached hydrogens (primary N) is 1. The molecule has 0 aromatic heterocycles. The summed E-state index contributed by atoms with van der Waals surface area (Å²) in [6.07, 6.45) is 4.49. The molecule has 0 radical (unpaired) electrons. The minimum Gasteiger partial charge on any atom is -0.508 e. The lowest BCUT2D eigenvalue weighted by atomic mass is 10.1. The minimum absolute atomic E-state index is 0.158. The molecule has 0 amide bonds. The molecule has 1 unspecified atom stereocenters. The Morgan fingerprint density at radius 3 is 2.67 bits per heavy atom. The number of hydrogen-bond acceptors (Lipinski definition) is 3. The zero-order chi connectivity index (χ0) is 6.91. The van der Waals surface area contributed by atoms with Gasteiger partial charge in [-0.2, -0.15) is 0 Å². The molecule has 0 fully saturated rings. The van der Waals surface area contributed by atoms with Crippen LogP contribution < -0.4 is 5.73 Å². The van der Waals surface area contributed by atoms with E-state index in [9.17, 15) is 0 Å². The summed E-state index contributed by atoms with van der Waals surface area (Å²) in [5, 5.41) is 17.8. The Kier molecular flexibility index (Phi) is 1.31. The van der Waals surface area contributed by atoms with E-state index in [0.717, 1.165) is 0 Å². The Morgan fingerprint density at radius 1 is 1.67 bits per heavy atom. The molecule has 50 valence electrons. The molecule has 1 aliphatic carbocycles. The standard InChI is InChI=1S/C6H9NO2/c7-6(9)3-1-5(8)2-4-6/h1-3,8-9H,4,7H2. The van der Waals surface area contributed by atoms with Gasteiger partial charge in [-0.15, -0.1) is 0 Å².